The van der Waals surface area contributed by atoms with E-state index < -0.39 is 0 Å². The van der Waals surface area contributed by atoms with Gasteiger partial charge in [-0.3, -0.25) is 4.79 Å². The molecule has 104 valence electrons. The second-order valence-corrected chi connectivity index (χ2v) is 7.09. The minimum Gasteiger partial charge on any atom is -0.462 e. The average Bonchev–Trinajstić information content (AvgIpc) is 2.66. The number of hydrogen-bond donors (Lipinski definition) is 1. The zero-order valence-electron chi connectivity index (χ0n) is 12.0. The Morgan fingerprint density at radius 1 is 1.39 bits per heavy atom. The van der Waals surface area contributed by atoms with Crippen LogP contribution in [0.25, 0.3) is 0 Å². The van der Waals surface area contributed by atoms with Gasteiger partial charge in [-0.05, 0) is 56.0 Å². The van der Waals surface area contributed by atoms with Gasteiger partial charge in [-0.2, -0.15) is 0 Å². The van der Waals surface area contributed by atoms with E-state index in [9.17, 15) is 4.79 Å². The van der Waals surface area contributed by atoms with Crippen molar-refractivity contribution in [1.82, 2.24) is 5.32 Å². The summed E-state index contributed by atoms with van der Waals surface area (Å²) in [6.45, 7) is 8.85. The molecule has 0 radical (unpaired) electrons. The molecule has 0 aromatic rings. The topological polar surface area (TPSA) is 38.3 Å². The van der Waals surface area contributed by atoms with Gasteiger partial charge in [0.25, 0.3) is 0 Å². The first kappa shape index (κ1) is 13.9. The first-order chi connectivity index (χ1) is 8.44. The second-order valence-electron chi connectivity index (χ2n) is 7.09. The molecule has 1 aliphatic heterocycles. The molecule has 1 heterocycles. The van der Waals surface area contributed by atoms with E-state index in [0.717, 1.165) is 32.4 Å². The predicted molar refractivity (Wildman–Crippen MR) is 72.3 cm³/mol. The van der Waals surface area contributed by atoms with E-state index in [1.54, 1.807) is 0 Å². The Balaban J connectivity index is 1.79. The van der Waals surface area contributed by atoms with E-state index in [1.807, 2.05) is 0 Å². The van der Waals surface area contributed by atoms with Crippen LogP contribution >= 0.6 is 0 Å². The van der Waals surface area contributed by atoms with Crippen LogP contribution in [0.4, 0.5) is 0 Å². The summed E-state index contributed by atoms with van der Waals surface area (Å²) >= 11 is 0. The Hall–Kier alpha value is -0.570. The van der Waals surface area contributed by atoms with Gasteiger partial charge in [0.15, 0.2) is 0 Å². The van der Waals surface area contributed by atoms with E-state index in [-0.39, 0.29) is 12.1 Å². The van der Waals surface area contributed by atoms with Crippen LogP contribution in [0.2, 0.25) is 0 Å². The Morgan fingerprint density at radius 3 is 2.78 bits per heavy atom. The minimum atomic E-state index is 0.0126. The highest BCUT2D eigenvalue weighted by Crippen LogP contribution is 2.39. The molecule has 0 amide bonds. The van der Waals surface area contributed by atoms with Crippen molar-refractivity contribution in [3.8, 4) is 0 Å². The van der Waals surface area contributed by atoms with Crippen molar-refractivity contribution in [2.45, 2.75) is 59.0 Å². The summed E-state index contributed by atoms with van der Waals surface area (Å²) < 4.78 is 5.69. The second kappa shape index (κ2) is 5.60. The van der Waals surface area contributed by atoms with Gasteiger partial charge in [-0.25, -0.2) is 0 Å². The standard InChI is InChI=1S/C15H27NO2/c1-11-6-13(9-15(2,3)8-11)18-14(17)7-12-4-5-16-10-12/h11-13,16H,4-10H2,1-3H3. The smallest absolute Gasteiger partial charge is 0.306 e. The fraction of sp³-hybridized carbons (Fsp3) is 0.933. The molecule has 1 saturated heterocycles. The van der Waals surface area contributed by atoms with Crippen LogP contribution in [-0.4, -0.2) is 25.2 Å². The molecule has 3 nitrogen and oxygen atoms in total. The number of carbonyl (C=O) groups excluding carboxylic acids is 1. The van der Waals surface area contributed by atoms with E-state index in [0.29, 0.717) is 23.7 Å². The number of ether oxygens (including phenoxy) is 1. The largest absolute Gasteiger partial charge is 0.462 e. The van der Waals surface area contributed by atoms with Gasteiger partial charge >= 0.3 is 5.97 Å². The van der Waals surface area contributed by atoms with Crippen LogP contribution in [0.1, 0.15) is 52.9 Å². The molecule has 0 aromatic carbocycles. The Morgan fingerprint density at radius 2 is 2.17 bits per heavy atom. The number of hydrogen-bond acceptors (Lipinski definition) is 3. The van der Waals surface area contributed by atoms with Crippen LogP contribution in [0, 0.1) is 17.3 Å². The van der Waals surface area contributed by atoms with Crippen LogP contribution < -0.4 is 5.32 Å². The van der Waals surface area contributed by atoms with E-state index >= 15 is 0 Å². The number of carbonyl (C=O) groups is 1. The fourth-order valence-electron chi connectivity index (χ4n) is 3.71. The third-order valence-corrected chi connectivity index (χ3v) is 4.26. The van der Waals surface area contributed by atoms with E-state index in [2.05, 4.69) is 26.1 Å². The van der Waals surface area contributed by atoms with Gasteiger partial charge in [0.2, 0.25) is 0 Å². The Kier molecular flexibility index (Phi) is 4.31. The predicted octanol–water partition coefficient (Wildman–Crippen LogP) is 2.74. The number of rotatable bonds is 3. The SMILES string of the molecule is CC1CC(OC(=O)CC2CCNC2)CC(C)(C)C1. The van der Waals surface area contributed by atoms with Gasteiger partial charge in [0.1, 0.15) is 6.10 Å². The van der Waals surface area contributed by atoms with Gasteiger partial charge in [0, 0.05) is 6.42 Å². The first-order valence-electron chi connectivity index (χ1n) is 7.35. The summed E-state index contributed by atoms with van der Waals surface area (Å²) in [6, 6.07) is 0. The van der Waals surface area contributed by atoms with Crippen LogP contribution in [-0.2, 0) is 9.53 Å². The van der Waals surface area contributed by atoms with Gasteiger partial charge in [0.05, 0.1) is 0 Å². The molecule has 0 spiro atoms. The monoisotopic (exact) mass is 253 g/mol. The third-order valence-electron chi connectivity index (χ3n) is 4.26. The fourth-order valence-corrected chi connectivity index (χ4v) is 3.71. The molecule has 1 saturated carbocycles. The number of esters is 1. The third kappa shape index (κ3) is 3.98. The highest BCUT2D eigenvalue weighted by molar-refractivity contribution is 5.70. The lowest BCUT2D eigenvalue weighted by Gasteiger charge is -2.38. The molecule has 2 fully saturated rings. The van der Waals surface area contributed by atoms with Crippen molar-refractivity contribution in [1.29, 1.82) is 0 Å². The van der Waals surface area contributed by atoms with Gasteiger partial charge in [-0.1, -0.05) is 20.8 Å². The lowest BCUT2D eigenvalue weighted by Crippen LogP contribution is -2.34. The molecule has 3 unspecified atom stereocenters. The Labute approximate surface area is 111 Å². The lowest BCUT2D eigenvalue weighted by atomic mass is 9.71. The van der Waals surface area contributed by atoms with E-state index in [1.165, 1.54) is 6.42 Å². The van der Waals surface area contributed by atoms with Crippen molar-refractivity contribution < 1.29 is 9.53 Å². The minimum absolute atomic E-state index is 0.0126. The molecular formula is C15H27NO2. The molecule has 1 aliphatic carbocycles. The van der Waals surface area contributed by atoms with Crippen molar-refractivity contribution in [2.75, 3.05) is 13.1 Å². The summed E-state index contributed by atoms with van der Waals surface area (Å²) in [5.41, 5.74) is 0.317. The van der Waals surface area contributed by atoms with Crippen LogP contribution in [0.3, 0.4) is 0 Å². The quantitative estimate of drug-likeness (QED) is 0.786. The average molecular weight is 253 g/mol. The number of nitrogens with one attached hydrogen (secondary N) is 1. The highest BCUT2D eigenvalue weighted by Gasteiger charge is 2.34. The molecule has 3 heteroatoms. The molecule has 2 aliphatic rings. The van der Waals surface area contributed by atoms with Gasteiger partial charge in [-0.15, -0.1) is 0 Å². The molecule has 0 bridgehead atoms. The molecular weight excluding hydrogens is 226 g/mol. The zero-order chi connectivity index (χ0) is 13.2. The maximum Gasteiger partial charge on any atom is 0.306 e. The maximum absolute atomic E-state index is 11.9. The summed E-state index contributed by atoms with van der Waals surface area (Å²) in [5.74, 6) is 1.17. The summed E-state index contributed by atoms with van der Waals surface area (Å²) in [5, 5.41) is 3.29. The molecule has 3 atom stereocenters. The molecule has 2 rings (SSSR count). The van der Waals surface area contributed by atoms with Crippen LogP contribution in [0.5, 0.6) is 0 Å². The van der Waals surface area contributed by atoms with E-state index in [4.69, 9.17) is 4.74 Å². The maximum atomic E-state index is 11.9. The van der Waals surface area contributed by atoms with Gasteiger partial charge < -0.3 is 10.1 Å². The van der Waals surface area contributed by atoms with Crippen molar-refractivity contribution in [3.05, 3.63) is 0 Å². The molecule has 0 aromatic heterocycles. The van der Waals surface area contributed by atoms with Crippen molar-refractivity contribution in [3.63, 3.8) is 0 Å². The van der Waals surface area contributed by atoms with Crippen LogP contribution in [0.15, 0.2) is 0 Å². The summed E-state index contributed by atoms with van der Waals surface area (Å²) in [4.78, 5) is 11.9. The van der Waals surface area contributed by atoms with Crippen molar-refractivity contribution >= 4 is 5.97 Å². The summed E-state index contributed by atoms with van der Waals surface area (Å²) in [6.07, 6.45) is 5.16. The Bertz CT molecular complexity index is 295. The molecule has 18 heavy (non-hydrogen) atoms. The first-order valence-corrected chi connectivity index (χ1v) is 7.35. The molecule has 1 N–H and O–H groups in total. The lowest BCUT2D eigenvalue weighted by molar-refractivity contribution is -0.154. The van der Waals surface area contributed by atoms with Crippen molar-refractivity contribution in [2.24, 2.45) is 17.3 Å². The zero-order valence-corrected chi connectivity index (χ0v) is 12.0. The highest BCUT2D eigenvalue weighted by atomic mass is 16.5. The summed E-state index contributed by atoms with van der Waals surface area (Å²) in [7, 11) is 0. The normalized spacial score (nSPS) is 35.4.